The van der Waals surface area contributed by atoms with Crippen LogP contribution in [-0.2, 0) is 16.6 Å². The molecule has 0 radical (unpaired) electrons. The molecular formula is C20H31N3O3. The van der Waals surface area contributed by atoms with E-state index in [9.17, 15) is 9.59 Å². The molecule has 0 aromatic carbocycles. The molecule has 144 valence electrons. The van der Waals surface area contributed by atoms with Gasteiger partial charge in [0, 0.05) is 32.8 Å². The highest BCUT2D eigenvalue weighted by Gasteiger charge is 2.28. The number of hydrogen-bond donors (Lipinski definition) is 1. The van der Waals surface area contributed by atoms with E-state index in [0.717, 1.165) is 44.3 Å². The Labute approximate surface area is 155 Å². The number of nitrogens with zero attached hydrogens (tertiary/aromatic N) is 2. The van der Waals surface area contributed by atoms with Crippen LogP contribution in [0.15, 0.2) is 12.1 Å². The number of carbonyl (C=O) groups excluding carboxylic acids is 2. The van der Waals surface area contributed by atoms with Gasteiger partial charge in [-0.1, -0.05) is 12.8 Å². The first-order valence-corrected chi connectivity index (χ1v) is 9.90. The van der Waals surface area contributed by atoms with Gasteiger partial charge in [0.25, 0.3) is 5.91 Å². The fourth-order valence-electron chi connectivity index (χ4n) is 4.24. The average Bonchev–Trinajstić information content (AvgIpc) is 3.28. The molecule has 1 aromatic rings. The predicted molar refractivity (Wildman–Crippen MR) is 99.9 cm³/mol. The fourth-order valence-corrected chi connectivity index (χ4v) is 4.24. The van der Waals surface area contributed by atoms with E-state index >= 15 is 0 Å². The highest BCUT2D eigenvalue weighted by atomic mass is 16.5. The van der Waals surface area contributed by atoms with Crippen molar-refractivity contribution >= 4 is 11.8 Å². The Bertz CT molecular complexity index is 634. The third-order valence-electron chi connectivity index (χ3n) is 5.69. The molecule has 1 aliphatic heterocycles. The zero-order valence-corrected chi connectivity index (χ0v) is 16.0. The van der Waals surface area contributed by atoms with Crippen molar-refractivity contribution in [2.75, 3.05) is 19.7 Å². The van der Waals surface area contributed by atoms with E-state index in [1.54, 1.807) is 6.92 Å². The summed E-state index contributed by atoms with van der Waals surface area (Å²) in [5, 5.41) is 2.95. The monoisotopic (exact) mass is 361 g/mol. The van der Waals surface area contributed by atoms with Crippen LogP contribution in [0, 0.1) is 0 Å². The molecular weight excluding hydrogens is 330 g/mol. The number of aromatic nitrogens is 1. The van der Waals surface area contributed by atoms with Gasteiger partial charge < -0.3 is 19.5 Å². The number of carbonyl (C=O) groups is 2. The van der Waals surface area contributed by atoms with Crippen molar-refractivity contribution < 1.29 is 14.3 Å². The van der Waals surface area contributed by atoms with Crippen molar-refractivity contribution in [2.24, 2.45) is 7.05 Å². The highest BCUT2D eigenvalue weighted by molar-refractivity contribution is 5.92. The van der Waals surface area contributed by atoms with Crippen LogP contribution in [0.5, 0.6) is 0 Å². The summed E-state index contributed by atoms with van der Waals surface area (Å²) < 4.78 is 7.72. The van der Waals surface area contributed by atoms with Crippen molar-refractivity contribution in [1.82, 2.24) is 14.8 Å². The molecule has 2 aliphatic rings. The van der Waals surface area contributed by atoms with Gasteiger partial charge in [-0.05, 0) is 44.2 Å². The summed E-state index contributed by atoms with van der Waals surface area (Å²) in [6.07, 6.45) is 8.27. The van der Waals surface area contributed by atoms with E-state index < -0.39 is 0 Å². The molecule has 1 aliphatic carbocycles. The van der Waals surface area contributed by atoms with Crippen molar-refractivity contribution in [2.45, 2.75) is 64.0 Å². The molecule has 1 atom stereocenters. The summed E-state index contributed by atoms with van der Waals surface area (Å²) in [4.78, 5) is 26.4. The van der Waals surface area contributed by atoms with E-state index in [4.69, 9.17) is 4.74 Å². The van der Waals surface area contributed by atoms with Crippen LogP contribution in [0.3, 0.4) is 0 Å². The third-order valence-corrected chi connectivity index (χ3v) is 5.69. The lowest BCUT2D eigenvalue weighted by Gasteiger charge is -2.35. The molecule has 3 rings (SSSR count). The lowest BCUT2D eigenvalue weighted by Crippen LogP contribution is -2.38. The lowest BCUT2D eigenvalue weighted by atomic mass is 9.99. The molecule has 1 N–H and O–H groups in total. The molecule has 2 amide bonds. The highest BCUT2D eigenvalue weighted by Crippen LogP contribution is 2.31. The number of ether oxygens (including phenoxy) is 1. The summed E-state index contributed by atoms with van der Waals surface area (Å²) in [5.41, 5.74) is 1.67. The number of amides is 2. The Morgan fingerprint density at radius 3 is 2.62 bits per heavy atom. The maximum atomic E-state index is 12.5. The largest absolute Gasteiger partial charge is 0.376 e. The fraction of sp³-hybridized carbons (Fsp3) is 0.700. The average molecular weight is 361 g/mol. The van der Waals surface area contributed by atoms with E-state index in [2.05, 4.69) is 5.32 Å². The SMILES string of the molecule is CC(=O)N1CCCC[C@@H]1c1ccc(C(=O)NCCOC2CCCC2)n1C. The maximum absolute atomic E-state index is 12.5. The topological polar surface area (TPSA) is 63.6 Å². The Kier molecular flexibility index (Phi) is 6.35. The summed E-state index contributed by atoms with van der Waals surface area (Å²) in [6, 6.07) is 3.91. The predicted octanol–water partition coefficient (Wildman–Crippen LogP) is 2.79. The Balaban J connectivity index is 1.56. The molecule has 26 heavy (non-hydrogen) atoms. The maximum Gasteiger partial charge on any atom is 0.267 e. The second-order valence-corrected chi connectivity index (χ2v) is 7.46. The number of likely N-dealkylation sites (tertiary alicyclic amines) is 1. The second-order valence-electron chi connectivity index (χ2n) is 7.46. The molecule has 1 saturated heterocycles. The van der Waals surface area contributed by atoms with Gasteiger partial charge in [0.2, 0.25) is 5.91 Å². The molecule has 2 heterocycles. The van der Waals surface area contributed by atoms with Crippen molar-refractivity contribution in [3.8, 4) is 0 Å². The van der Waals surface area contributed by atoms with Crippen LogP contribution in [0.1, 0.15) is 74.1 Å². The van der Waals surface area contributed by atoms with Crippen LogP contribution >= 0.6 is 0 Å². The van der Waals surface area contributed by atoms with Gasteiger partial charge in [-0.25, -0.2) is 0 Å². The molecule has 0 bridgehead atoms. The normalized spacial score (nSPS) is 21.2. The lowest BCUT2D eigenvalue weighted by molar-refractivity contribution is -0.132. The summed E-state index contributed by atoms with van der Waals surface area (Å²) in [7, 11) is 1.91. The first-order valence-electron chi connectivity index (χ1n) is 9.90. The van der Waals surface area contributed by atoms with Crippen molar-refractivity contribution in [3.63, 3.8) is 0 Å². The minimum atomic E-state index is -0.0843. The first-order chi connectivity index (χ1) is 12.6. The number of nitrogens with one attached hydrogen (secondary N) is 1. The molecule has 0 spiro atoms. The first kappa shape index (κ1) is 19.0. The van der Waals surface area contributed by atoms with E-state index in [1.165, 1.54) is 12.8 Å². The Morgan fingerprint density at radius 1 is 1.15 bits per heavy atom. The number of hydrogen-bond acceptors (Lipinski definition) is 3. The van der Waals surface area contributed by atoms with Crippen molar-refractivity contribution in [1.29, 1.82) is 0 Å². The second kappa shape index (κ2) is 8.71. The molecule has 1 saturated carbocycles. The molecule has 6 nitrogen and oxygen atoms in total. The van der Waals surface area contributed by atoms with Gasteiger partial charge >= 0.3 is 0 Å². The summed E-state index contributed by atoms with van der Waals surface area (Å²) in [5.74, 6) is 0.0184. The molecule has 1 aromatic heterocycles. The van der Waals surface area contributed by atoms with Crippen LogP contribution < -0.4 is 5.32 Å². The zero-order chi connectivity index (χ0) is 18.5. The Hall–Kier alpha value is -1.82. The van der Waals surface area contributed by atoms with Gasteiger partial charge in [0.15, 0.2) is 0 Å². The van der Waals surface area contributed by atoms with E-state index in [-0.39, 0.29) is 17.9 Å². The van der Waals surface area contributed by atoms with Gasteiger partial charge in [-0.3, -0.25) is 9.59 Å². The number of piperidine rings is 1. The van der Waals surface area contributed by atoms with Gasteiger partial charge in [-0.2, -0.15) is 0 Å². The minimum absolute atomic E-state index is 0.0681. The summed E-state index contributed by atoms with van der Waals surface area (Å²) in [6.45, 7) is 3.51. The third kappa shape index (κ3) is 4.29. The van der Waals surface area contributed by atoms with Gasteiger partial charge in [0.1, 0.15) is 5.69 Å². The molecule has 6 heteroatoms. The van der Waals surface area contributed by atoms with Gasteiger partial charge in [-0.15, -0.1) is 0 Å². The van der Waals surface area contributed by atoms with E-state index in [0.29, 0.717) is 24.9 Å². The molecule has 2 fully saturated rings. The Morgan fingerprint density at radius 2 is 1.88 bits per heavy atom. The van der Waals surface area contributed by atoms with E-state index in [1.807, 2.05) is 28.6 Å². The quantitative estimate of drug-likeness (QED) is 0.793. The van der Waals surface area contributed by atoms with Crippen molar-refractivity contribution in [3.05, 3.63) is 23.5 Å². The minimum Gasteiger partial charge on any atom is -0.376 e. The molecule has 0 unspecified atom stereocenters. The van der Waals surface area contributed by atoms with Crippen LogP contribution in [-0.4, -0.2) is 47.1 Å². The summed E-state index contributed by atoms with van der Waals surface area (Å²) >= 11 is 0. The number of rotatable bonds is 6. The zero-order valence-electron chi connectivity index (χ0n) is 16.0. The standard InChI is InChI=1S/C20H31N3O3/c1-15(24)23-13-6-5-9-18(23)17-10-11-19(22(17)2)20(25)21-12-14-26-16-7-3-4-8-16/h10-11,16,18H,3-9,12-14H2,1-2H3,(H,21,25)/t18-/m1/s1. The van der Waals surface area contributed by atoms with Crippen LogP contribution in [0.25, 0.3) is 0 Å². The van der Waals surface area contributed by atoms with Gasteiger partial charge in [0.05, 0.1) is 18.8 Å². The van der Waals surface area contributed by atoms with Crippen LogP contribution in [0.2, 0.25) is 0 Å². The smallest absolute Gasteiger partial charge is 0.267 e. The van der Waals surface area contributed by atoms with Crippen LogP contribution in [0.4, 0.5) is 0 Å².